The predicted molar refractivity (Wildman–Crippen MR) is 97.3 cm³/mol. The fourth-order valence-electron chi connectivity index (χ4n) is 3.11. The van der Waals surface area contributed by atoms with Crippen LogP contribution in [0.5, 0.6) is 0 Å². The van der Waals surface area contributed by atoms with Crippen molar-refractivity contribution in [2.24, 2.45) is 4.99 Å². The molecule has 0 aromatic carbocycles. The van der Waals surface area contributed by atoms with E-state index >= 15 is 0 Å². The van der Waals surface area contributed by atoms with Crippen LogP contribution in [0.4, 0.5) is 0 Å². The average Bonchev–Trinajstić information content (AvgIpc) is 3.01. The van der Waals surface area contributed by atoms with Gasteiger partial charge >= 0.3 is 0 Å². The number of nitrogens with one attached hydrogen (secondary N) is 1. The number of guanidine groups is 1. The summed E-state index contributed by atoms with van der Waals surface area (Å²) in [5.41, 5.74) is 0. The van der Waals surface area contributed by atoms with E-state index in [1.54, 1.807) is 27.8 Å². The van der Waals surface area contributed by atoms with Gasteiger partial charge in [0.1, 0.15) is 0 Å². The van der Waals surface area contributed by atoms with E-state index in [0.29, 0.717) is 12.6 Å². The van der Waals surface area contributed by atoms with Gasteiger partial charge in [0.05, 0.1) is 23.7 Å². The molecule has 2 heterocycles. The summed E-state index contributed by atoms with van der Waals surface area (Å²) in [7, 11) is -1.36. The Kier molecular flexibility index (Phi) is 6.50. The summed E-state index contributed by atoms with van der Waals surface area (Å²) in [4.78, 5) is 9.04. The highest BCUT2D eigenvalue weighted by atomic mass is 32.2. The SMILES string of the molecule is CN=C(NCCS(=O)(=O)C(C)(C)C)N1CCC(N2CCOCC2)C1. The molecule has 2 aliphatic rings. The Morgan fingerprint density at radius 1 is 1.25 bits per heavy atom. The van der Waals surface area contributed by atoms with Crippen LogP contribution >= 0.6 is 0 Å². The zero-order chi connectivity index (χ0) is 17.8. The Hall–Kier alpha value is -0.860. The lowest BCUT2D eigenvalue weighted by atomic mass is 10.2. The fraction of sp³-hybridized carbons (Fsp3) is 0.938. The molecule has 0 radical (unpaired) electrons. The van der Waals surface area contributed by atoms with Crippen LogP contribution in [0.25, 0.3) is 0 Å². The van der Waals surface area contributed by atoms with Gasteiger partial charge in [-0.25, -0.2) is 8.42 Å². The molecule has 2 rings (SSSR count). The molecule has 140 valence electrons. The first-order chi connectivity index (χ1) is 11.2. The van der Waals surface area contributed by atoms with Gasteiger partial charge in [0.15, 0.2) is 15.8 Å². The molecule has 0 aliphatic carbocycles. The monoisotopic (exact) mass is 360 g/mol. The second kappa shape index (κ2) is 8.01. The van der Waals surface area contributed by atoms with Crippen molar-refractivity contribution in [1.29, 1.82) is 0 Å². The number of aliphatic imine (C=N–C) groups is 1. The Morgan fingerprint density at radius 3 is 2.50 bits per heavy atom. The number of hydrogen-bond acceptors (Lipinski definition) is 5. The summed E-state index contributed by atoms with van der Waals surface area (Å²) in [5, 5.41) is 3.22. The van der Waals surface area contributed by atoms with Gasteiger partial charge in [0.25, 0.3) is 0 Å². The number of likely N-dealkylation sites (tertiary alicyclic amines) is 1. The summed E-state index contributed by atoms with van der Waals surface area (Å²) in [6.45, 7) is 11.1. The number of rotatable bonds is 4. The highest BCUT2D eigenvalue weighted by molar-refractivity contribution is 7.92. The highest BCUT2D eigenvalue weighted by Crippen LogP contribution is 2.17. The molecule has 2 fully saturated rings. The van der Waals surface area contributed by atoms with Crippen LogP contribution in [-0.4, -0.2) is 93.7 Å². The maximum Gasteiger partial charge on any atom is 0.193 e. The normalized spacial score (nSPS) is 24.4. The minimum Gasteiger partial charge on any atom is -0.379 e. The third kappa shape index (κ3) is 4.83. The van der Waals surface area contributed by atoms with Gasteiger partial charge in [-0.1, -0.05) is 0 Å². The molecule has 1 unspecified atom stereocenters. The van der Waals surface area contributed by atoms with Gasteiger partial charge in [-0.05, 0) is 27.2 Å². The first-order valence-corrected chi connectivity index (χ1v) is 10.4. The van der Waals surface area contributed by atoms with Crippen molar-refractivity contribution >= 4 is 15.8 Å². The molecule has 0 spiro atoms. The van der Waals surface area contributed by atoms with Gasteiger partial charge in [-0.3, -0.25) is 9.89 Å². The second-order valence-electron chi connectivity index (χ2n) is 7.44. The predicted octanol–water partition coefficient (Wildman–Crippen LogP) is 0.182. The topological polar surface area (TPSA) is 74.2 Å². The largest absolute Gasteiger partial charge is 0.379 e. The maximum absolute atomic E-state index is 12.2. The zero-order valence-electron chi connectivity index (χ0n) is 15.4. The number of ether oxygens (including phenoxy) is 1. The quantitative estimate of drug-likeness (QED) is 0.570. The van der Waals surface area contributed by atoms with E-state index in [0.717, 1.165) is 51.8 Å². The third-order valence-electron chi connectivity index (χ3n) is 4.82. The van der Waals surface area contributed by atoms with E-state index in [1.165, 1.54) is 0 Å². The first-order valence-electron chi connectivity index (χ1n) is 8.74. The Bertz CT molecular complexity index is 536. The van der Waals surface area contributed by atoms with E-state index in [1.807, 2.05) is 0 Å². The molecule has 0 saturated carbocycles. The molecule has 1 N–H and O–H groups in total. The highest BCUT2D eigenvalue weighted by Gasteiger charge is 2.31. The summed E-state index contributed by atoms with van der Waals surface area (Å²) in [6, 6.07) is 0.533. The molecule has 0 aromatic heterocycles. The molecular formula is C16H32N4O3S. The third-order valence-corrected chi connectivity index (χ3v) is 7.43. The standard InChI is InChI=1S/C16H32N4O3S/c1-16(2,3)24(21,22)12-6-18-15(17-4)20-7-5-14(13-20)19-8-10-23-11-9-19/h14H,5-13H2,1-4H3,(H,17,18). The van der Waals surface area contributed by atoms with Crippen molar-refractivity contribution < 1.29 is 13.2 Å². The summed E-state index contributed by atoms with van der Waals surface area (Å²) in [5.74, 6) is 0.922. The lowest BCUT2D eigenvalue weighted by Crippen LogP contribution is -2.47. The van der Waals surface area contributed by atoms with Crippen molar-refractivity contribution in [3.8, 4) is 0 Å². The minimum absolute atomic E-state index is 0.121. The van der Waals surface area contributed by atoms with Crippen LogP contribution in [-0.2, 0) is 14.6 Å². The minimum atomic E-state index is -3.11. The number of sulfone groups is 1. The van der Waals surface area contributed by atoms with E-state index in [4.69, 9.17) is 4.74 Å². The number of nitrogens with zero attached hydrogens (tertiary/aromatic N) is 3. The first kappa shape index (κ1) is 19.5. The van der Waals surface area contributed by atoms with Crippen molar-refractivity contribution in [3.63, 3.8) is 0 Å². The van der Waals surface area contributed by atoms with E-state index < -0.39 is 14.6 Å². The van der Waals surface area contributed by atoms with Crippen LogP contribution in [0.2, 0.25) is 0 Å². The van der Waals surface area contributed by atoms with Crippen molar-refractivity contribution in [2.45, 2.75) is 38.0 Å². The summed E-state index contributed by atoms with van der Waals surface area (Å²) < 4.78 is 29.1. The van der Waals surface area contributed by atoms with Gasteiger partial charge in [0.2, 0.25) is 0 Å². The average molecular weight is 361 g/mol. The molecular weight excluding hydrogens is 328 g/mol. The molecule has 7 nitrogen and oxygen atoms in total. The van der Waals surface area contributed by atoms with Gasteiger partial charge in [-0.2, -0.15) is 0 Å². The Morgan fingerprint density at radius 2 is 1.92 bits per heavy atom. The fourth-order valence-corrected chi connectivity index (χ4v) is 4.09. The smallest absolute Gasteiger partial charge is 0.193 e. The molecule has 24 heavy (non-hydrogen) atoms. The number of hydrogen-bond donors (Lipinski definition) is 1. The second-order valence-corrected chi connectivity index (χ2v) is 10.3. The van der Waals surface area contributed by atoms with Gasteiger partial charge in [0, 0.05) is 45.8 Å². The van der Waals surface area contributed by atoms with Crippen molar-refractivity contribution in [1.82, 2.24) is 15.1 Å². The van der Waals surface area contributed by atoms with E-state index in [-0.39, 0.29) is 5.75 Å². The Balaban J connectivity index is 1.82. The lowest BCUT2D eigenvalue weighted by molar-refractivity contribution is 0.0195. The summed E-state index contributed by atoms with van der Waals surface area (Å²) in [6.07, 6.45) is 1.11. The van der Waals surface area contributed by atoms with Gasteiger partial charge < -0.3 is 15.0 Å². The van der Waals surface area contributed by atoms with Crippen LogP contribution in [0.15, 0.2) is 4.99 Å². The number of morpholine rings is 1. The zero-order valence-corrected chi connectivity index (χ0v) is 16.2. The molecule has 2 saturated heterocycles. The van der Waals surface area contributed by atoms with Gasteiger partial charge in [-0.15, -0.1) is 0 Å². The molecule has 1 atom stereocenters. The van der Waals surface area contributed by atoms with Crippen LogP contribution in [0, 0.1) is 0 Å². The van der Waals surface area contributed by atoms with Crippen molar-refractivity contribution in [3.05, 3.63) is 0 Å². The maximum atomic E-state index is 12.2. The van der Waals surface area contributed by atoms with Crippen molar-refractivity contribution in [2.75, 3.05) is 58.7 Å². The molecule has 2 aliphatic heterocycles. The Labute approximate surface area is 146 Å². The molecule has 0 amide bonds. The summed E-state index contributed by atoms with van der Waals surface area (Å²) >= 11 is 0. The van der Waals surface area contributed by atoms with E-state index in [2.05, 4.69) is 20.1 Å². The molecule has 0 bridgehead atoms. The van der Waals surface area contributed by atoms with Crippen LogP contribution in [0.3, 0.4) is 0 Å². The lowest BCUT2D eigenvalue weighted by Gasteiger charge is -2.32. The molecule has 8 heteroatoms. The van der Waals surface area contributed by atoms with E-state index in [9.17, 15) is 8.42 Å². The molecule has 0 aromatic rings. The van der Waals surface area contributed by atoms with Crippen LogP contribution in [0.1, 0.15) is 27.2 Å². The van der Waals surface area contributed by atoms with Crippen LogP contribution < -0.4 is 5.32 Å².